The predicted molar refractivity (Wildman–Crippen MR) is 125 cm³/mol. The first-order valence-electron chi connectivity index (χ1n) is 10.4. The maximum atomic E-state index is 12.1. The minimum atomic E-state index is -0.302. The lowest BCUT2D eigenvalue weighted by Crippen LogP contribution is -2.24. The summed E-state index contributed by atoms with van der Waals surface area (Å²) in [4.78, 5) is 12.1. The number of nitrogens with one attached hydrogen (secondary N) is 1. The lowest BCUT2D eigenvalue weighted by Gasteiger charge is -2.05. The van der Waals surface area contributed by atoms with E-state index in [1.54, 1.807) is 6.21 Å². The van der Waals surface area contributed by atoms with E-state index in [1.807, 2.05) is 54.6 Å². The molecule has 0 saturated carbocycles. The van der Waals surface area contributed by atoms with E-state index in [0.29, 0.717) is 5.75 Å². The van der Waals surface area contributed by atoms with E-state index in [-0.39, 0.29) is 12.5 Å². The van der Waals surface area contributed by atoms with Gasteiger partial charge in [0, 0.05) is 29.2 Å². The second kappa shape index (κ2) is 9.76. The van der Waals surface area contributed by atoms with Crippen molar-refractivity contribution in [1.29, 1.82) is 0 Å². The number of ether oxygens (including phenoxy) is 1. The third-order valence-corrected chi connectivity index (χ3v) is 5.11. The van der Waals surface area contributed by atoms with E-state index in [9.17, 15) is 4.79 Å². The Morgan fingerprint density at radius 3 is 2.48 bits per heavy atom. The number of hydrogen-bond donors (Lipinski definition) is 1. The number of carbonyl (C=O) groups is 1. The van der Waals surface area contributed by atoms with Gasteiger partial charge in [-0.3, -0.25) is 4.79 Å². The molecule has 0 spiro atoms. The van der Waals surface area contributed by atoms with Gasteiger partial charge in [-0.2, -0.15) is 5.10 Å². The summed E-state index contributed by atoms with van der Waals surface area (Å²) in [5.41, 5.74) is 7.07. The molecule has 1 amide bonds. The second-order valence-electron chi connectivity index (χ2n) is 7.29. The highest BCUT2D eigenvalue weighted by atomic mass is 16.5. The SMILES string of the molecule is CCc1ccc(OCC(=O)N/N=C/c2cn(Cc3ccccc3)c3ccccc23)cc1. The number of carbonyl (C=O) groups excluding carboxylic acids is 1. The number of aromatic nitrogens is 1. The predicted octanol–water partition coefficient (Wildman–Crippen LogP) is 4.78. The van der Waals surface area contributed by atoms with Crippen LogP contribution in [-0.4, -0.2) is 23.3 Å². The fourth-order valence-corrected chi connectivity index (χ4v) is 3.47. The van der Waals surface area contributed by atoms with E-state index < -0.39 is 0 Å². The fraction of sp³-hybridized carbons (Fsp3) is 0.154. The van der Waals surface area contributed by atoms with Crippen molar-refractivity contribution >= 4 is 23.0 Å². The van der Waals surface area contributed by atoms with Crippen LogP contribution < -0.4 is 10.2 Å². The van der Waals surface area contributed by atoms with Crippen LogP contribution in [0.1, 0.15) is 23.6 Å². The van der Waals surface area contributed by atoms with Gasteiger partial charge in [0.05, 0.1) is 6.21 Å². The Morgan fingerprint density at radius 1 is 0.968 bits per heavy atom. The van der Waals surface area contributed by atoms with Gasteiger partial charge >= 0.3 is 0 Å². The first-order chi connectivity index (χ1) is 15.2. The van der Waals surface area contributed by atoms with Gasteiger partial charge in [-0.05, 0) is 35.7 Å². The van der Waals surface area contributed by atoms with E-state index in [4.69, 9.17) is 4.74 Å². The molecule has 0 aliphatic rings. The summed E-state index contributed by atoms with van der Waals surface area (Å²) in [6.45, 7) is 2.78. The Morgan fingerprint density at radius 2 is 1.71 bits per heavy atom. The van der Waals surface area contributed by atoms with Gasteiger partial charge in [-0.15, -0.1) is 0 Å². The summed E-state index contributed by atoms with van der Waals surface area (Å²) < 4.78 is 7.71. The van der Waals surface area contributed by atoms with Crippen LogP contribution >= 0.6 is 0 Å². The van der Waals surface area contributed by atoms with Crippen LogP contribution in [0.15, 0.2) is 90.2 Å². The van der Waals surface area contributed by atoms with Crippen molar-refractivity contribution < 1.29 is 9.53 Å². The van der Waals surface area contributed by atoms with Crippen molar-refractivity contribution in [2.75, 3.05) is 6.61 Å². The van der Waals surface area contributed by atoms with Gasteiger partial charge in [-0.25, -0.2) is 5.43 Å². The molecule has 5 nitrogen and oxygen atoms in total. The zero-order chi connectivity index (χ0) is 21.5. The lowest BCUT2D eigenvalue weighted by atomic mass is 10.2. The number of rotatable bonds is 8. The maximum absolute atomic E-state index is 12.1. The third-order valence-electron chi connectivity index (χ3n) is 5.11. The molecule has 0 aliphatic heterocycles. The molecule has 0 bridgehead atoms. The number of amides is 1. The summed E-state index contributed by atoms with van der Waals surface area (Å²) in [6, 6.07) is 26.2. The molecule has 3 aromatic carbocycles. The highest BCUT2D eigenvalue weighted by molar-refractivity contribution is 5.99. The molecule has 1 N–H and O–H groups in total. The first-order valence-corrected chi connectivity index (χ1v) is 10.4. The molecule has 0 radical (unpaired) electrons. The van der Waals surface area contributed by atoms with Crippen molar-refractivity contribution in [2.24, 2.45) is 5.10 Å². The standard InChI is InChI=1S/C26H25N3O2/c1-2-20-12-14-23(15-13-20)31-19-26(30)28-27-16-22-18-29(17-21-8-4-3-5-9-21)25-11-7-6-10-24(22)25/h3-16,18H,2,17,19H2,1H3,(H,28,30)/b27-16+. The molecule has 4 rings (SSSR count). The zero-order valence-corrected chi connectivity index (χ0v) is 17.5. The Labute approximate surface area is 182 Å². The normalized spacial score (nSPS) is 11.1. The van der Waals surface area contributed by atoms with Crippen molar-refractivity contribution in [3.63, 3.8) is 0 Å². The summed E-state index contributed by atoms with van der Waals surface area (Å²) in [6.07, 6.45) is 4.70. The fourth-order valence-electron chi connectivity index (χ4n) is 3.47. The average molecular weight is 412 g/mol. The maximum Gasteiger partial charge on any atom is 0.277 e. The average Bonchev–Trinajstić information content (AvgIpc) is 3.16. The monoisotopic (exact) mass is 411 g/mol. The number of aryl methyl sites for hydroxylation is 1. The van der Waals surface area contributed by atoms with Gasteiger partial charge in [0.25, 0.3) is 5.91 Å². The minimum absolute atomic E-state index is 0.0847. The third kappa shape index (κ3) is 5.20. The smallest absolute Gasteiger partial charge is 0.277 e. The summed E-state index contributed by atoms with van der Waals surface area (Å²) in [5.74, 6) is 0.365. The number of para-hydroxylation sites is 1. The molecule has 5 heteroatoms. The molecule has 0 atom stereocenters. The molecule has 1 heterocycles. The number of hydrogen-bond acceptors (Lipinski definition) is 3. The van der Waals surface area contributed by atoms with Crippen LogP contribution in [0, 0.1) is 0 Å². The van der Waals surface area contributed by atoms with Gasteiger partial charge in [0.15, 0.2) is 6.61 Å². The Balaban J connectivity index is 1.40. The van der Waals surface area contributed by atoms with Gasteiger partial charge in [0.2, 0.25) is 0 Å². The van der Waals surface area contributed by atoms with Crippen LogP contribution in [0.25, 0.3) is 10.9 Å². The molecular formula is C26H25N3O2. The van der Waals surface area contributed by atoms with Gasteiger partial charge in [0.1, 0.15) is 5.75 Å². The molecule has 0 aliphatic carbocycles. The van der Waals surface area contributed by atoms with Crippen LogP contribution in [0.3, 0.4) is 0 Å². The Bertz CT molecular complexity index is 1180. The molecular weight excluding hydrogens is 386 g/mol. The summed E-state index contributed by atoms with van der Waals surface area (Å²) in [5, 5.41) is 5.22. The number of benzene rings is 3. The van der Waals surface area contributed by atoms with Crippen LogP contribution in [0.5, 0.6) is 5.75 Å². The van der Waals surface area contributed by atoms with E-state index in [2.05, 4.69) is 52.5 Å². The van der Waals surface area contributed by atoms with Crippen LogP contribution in [0.2, 0.25) is 0 Å². The highest BCUT2D eigenvalue weighted by Crippen LogP contribution is 2.21. The van der Waals surface area contributed by atoms with Crippen molar-refractivity contribution in [2.45, 2.75) is 19.9 Å². The molecule has 0 saturated heterocycles. The Kier molecular flexibility index (Phi) is 6.43. The number of fused-ring (bicyclic) bond motifs is 1. The lowest BCUT2D eigenvalue weighted by molar-refractivity contribution is -0.123. The second-order valence-corrected chi connectivity index (χ2v) is 7.29. The molecule has 156 valence electrons. The first kappa shape index (κ1) is 20.4. The number of nitrogens with zero attached hydrogens (tertiary/aromatic N) is 2. The molecule has 4 aromatic rings. The highest BCUT2D eigenvalue weighted by Gasteiger charge is 2.07. The summed E-state index contributed by atoms with van der Waals surface area (Å²) >= 11 is 0. The molecule has 1 aromatic heterocycles. The largest absolute Gasteiger partial charge is 0.484 e. The Hall–Kier alpha value is -3.86. The molecule has 0 unspecified atom stereocenters. The summed E-state index contributed by atoms with van der Waals surface area (Å²) in [7, 11) is 0. The van der Waals surface area contributed by atoms with Crippen molar-refractivity contribution in [3.8, 4) is 5.75 Å². The quantitative estimate of drug-likeness (QED) is 0.335. The van der Waals surface area contributed by atoms with Crippen molar-refractivity contribution in [1.82, 2.24) is 9.99 Å². The van der Waals surface area contributed by atoms with Crippen LogP contribution in [0.4, 0.5) is 0 Å². The van der Waals surface area contributed by atoms with E-state index >= 15 is 0 Å². The van der Waals surface area contributed by atoms with E-state index in [1.165, 1.54) is 11.1 Å². The van der Waals surface area contributed by atoms with Gasteiger partial charge in [-0.1, -0.05) is 67.6 Å². The zero-order valence-electron chi connectivity index (χ0n) is 17.5. The van der Waals surface area contributed by atoms with Crippen LogP contribution in [-0.2, 0) is 17.8 Å². The topological polar surface area (TPSA) is 55.6 Å². The minimum Gasteiger partial charge on any atom is -0.484 e. The molecule has 31 heavy (non-hydrogen) atoms. The molecule has 0 fully saturated rings. The number of hydrazone groups is 1. The van der Waals surface area contributed by atoms with Gasteiger partial charge < -0.3 is 9.30 Å². The van der Waals surface area contributed by atoms with Crippen molar-refractivity contribution in [3.05, 3.63) is 102 Å². The van der Waals surface area contributed by atoms with E-state index in [0.717, 1.165) is 29.4 Å².